The molecule has 5 nitrogen and oxygen atoms in total. The normalized spacial score (nSPS) is 11.9. The fourth-order valence-corrected chi connectivity index (χ4v) is 1.38. The Hall–Kier alpha value is -1.62. The Bertz CT molecular complexity index is 409. The van der Waals surface area contributed by atoms with E-state index in [0.717, 1.165) is 0 Å². The lowest BCUT2D eigenvalue weighted by Crippen LogP contribution is -2.34. The van der Waals surface area contributed by atoms with Gasteiger partial charge in [-0.25, -0.2) is 4.98 Å². The molecule has 1 amide bonds. The summed E-state index contributed by atoms with van der Waals surface area (Å²) in [6, 6.07) is 2.65. The first kappa shape index (κ1) is 12.4. The maximum absolute atomic E-state index is 11.6. The molecule has 0 aromatic carbocycles. The first-order valence-corrected chi connectivity index (χ1v) is 5.01. The second kappa shape index (κ2) is 5.46. The van der Waals surface area contributed by atoms with E-state index >= 15 is 0 Å². The van der Waals surface area contributed by atoms with Gasteiger partial charge >= 0.3 is 5.97 Å². The first-order valence-electron chi connectivity index (χ1n) is 4.64. The highest BCUT2D eigenvalue weighted by Crippen LogP contribution is 2.11. The molecular weight excluding hydrogens is 232 g/mol. The van der Waals surface area contributed by atoms with Gasteiger partial charge in [0.2, 0.25) is 0 Å². The van der Waals surface area contributed by atoms with Gasteiger partial charge in [0, 0.05) is 12.2 Å². The zero-order chi connectivity index (χ0) is 12.1. The third-order valence-electron chi connectivity index (χ3n) is 1.86. The number of carbonyl (C=O) groups excluding carboxylic acids is 1. The van der Waals surface area contributed by atoms with Gasteiger partial charge in [0.1, 0.15) is 5.15 Å². The molecule has 0 bridgehead atoms. The lowest BCUT2D eigenvalue weighted by atomic mass is 10.2. The lowest BCUT2D eigenvalue weighted by Gasteiger charge is -2.11. The van der Waals surface area contributed by atoms with E-state index < -0.39 is 17.9 Å². The van der Waals surface area contributed by atoms with E-state index in [2.05, 4.69) is 10.3 Å². The number of aliphatic carboxylic acids is 1. The van der Waals surface area contributed by atoms with Crippen LogP contribution >= 0.6 is 11.6 Å². The number of carboxylic acids is 1. The Labute approximate surface area is 97.4 Å². The summed E-state index contributed by atoms with van der Waals surface area (Å²) >= 11 is 5.72. The molecular formula is C10H11ClN2O3. The van der Waals surface area contributed by atoms with E-state index in [1.165, 1.54) is 12.3 Å². The molecule has 1 heterocycles. The number of nitrogens with zero attached hydrogens (tertiary/aromatic N) is 1. The van der Waals surface area contributed by atoms with Crippen molar-refractivity contribution in [2.45, 2.75) is 19.4 Å². The molecule has 1 aromatic heterocycles. The van der Waals surface area contributed by atoms with Gasteiger partial charge in [-0.05, 0) is 19.1 Å². The molecule has 0 aliphatic rings. The van der Waals surface area contributed by atoms with Crippen LogP contribution in [0.2, 0.25) is 5.15 Å². The summed E-state index contributed by atoms with van der Waals surface area (Å²) in [6.07, 6.45) is 1.34. The van der Waals surface area contributed by atoms with Gasteiger partial charge in [-0.3, -0.25) is 9.59 Å². The molecule has 0 aliphatic carbocycles. The largest absolute Gasteiger partial charge is 0.481 e. The van der Waals surface area contributed by atoms with E-state index in [9.17, 15) is 9.59 Å². The van der Waals surface area contributed by atoms with Crippen molar-refractivity contribution < 1.29 is 14.7 Å². The SMILES string of the molecule is CC(CC(=O)O)NC(=O)c1cccnc1Cl. The summed E-state index contributed by atoms with van der Waals surface area (Å²) in [5, 5.41) is 11.2. The highest BCUT2D eigenvalue weighted by Gasteiger charge is 2.14. The van der Waals surface area contributed by atoms with Crippen molar-refractivity contribution in [2.24, 2.45) is 0 Å². The van der Waals surface area contributed by atoms with Crippen LogP contribution in [0.15, 0.2) is 18.3 Å². The number of hydrogen-bond donors (Lipinski definition) is 2. The predicted molar refractivity (Wildman–Crippen MR) is 58.4 cm³/mol. The number of carboxylic acid groups (broad SMARTS) is 1. The van der Waals surface area contributed by atoms with Crippen LogP contribution in [0, 0.1) is 0 Å². The topological polar surface area (TPSA) is 79.3 Å². The maximum atomic E-state index is 11.6. The summed E-state index contributed by atoms with van der Waals surface area (Å²) in [5.41, 5.74) is 0.237. The molecule has 16 heavy (non-hydrogen) atoms. The number of halogens is 1. The van der Waals surface area contributed by atoms with E-state index in [1.54, 1.807) is 13.0 Å². The average Bonchev–Trinajstić information content (AvgIpc) is 2.16. The highest BCUT2D eigenvalue weighted by atomic mass is 35.5. The number of rotatable bonds is 4. The van der Waals surface area contributed by atoms with Crippen LogP contribution in [0.5, 0.6) is 0 Å². The predicted octanol–water partition coefficient (Wildman–Crippen LogP) is 1.33. The molecule has 0 saturated heterocycles. The fourth-order valence-electron chi connectivity index (χ4n) is 1.17. The minimum atomic E-state index is -0.968. The van der Waals surface area contributed by atoms with Crippen molar-refractivity contribution in [3.05, 3.63) is 29.0 Å². The minimum absolute atomic E-state index is 0.0996. The van der Waals surface area contributed by atoms with Crippen LogP contribution in [-0.2, 0) is 4.79 Å². The first-order chi connectivity index (χ1) is 7.50. The highest BCUT2D eigenvalue weighted by molar-refractivity contribution is 6.32. The number of carbonyl (C=O) groups is 2. The van der Waals surface area contributed by atoms with E-state index in [0.29, 0.717) is 0 Å². The van der Waals surface area contributed by atoms with Gasteiger partial charge in [0.05, 0.1) is 12.0 Å². The van der Waals surface area contributed by atoms with Crippen molar-refractivity contribution in [3.63, 3.8) is 0 Å². The van der Waals surface area contributed by atoms with Gasteiger partial charge < -0.3 is 10.4 Å². The fraction of sp³-hybridized carbons (Fsp3) is 0.300. The molecule has 86 valence electrons. The average molecular weight is 243 g/mol. The van der Waals surface area contributed by atoms with Crippen LogP contribution in [0.25, 0.3) is 0 Å². The maximum Gasteiger partial charge on any atom is 0.305 e. The molecule has 0 fully saturated rings. The van der Waals surface area contributed by atoms with Crippen molar-refractivity contribution in [1.82, 2.24) is 10.3 Å². The molecule has 0 spiro atoms. The quantitative estimate of drug-likeness (QED) is 0.781. The zero-order valence-corrected chi connectivity index (χ0v) is 9.36. The molecule has 0 radical (unpaired) electrons. The summed E-state index contributed by atoms with van der Waals surface area (Å²) in [7, 11) is 0. The van der Waals surface area contributed by atoms with Gasteiger partial charge in [0.15, 0.2) is 0 Å². The van der Waals surface area contributed by atoms with Gasteiger partial charge in [0.25, 0.3) is 5.91 Å². The standard InChI is InChI=1S/C10H11ClN2O3/c1-6(5-8(14)15)13-10(16)7-3-2-4-12-9(7)11/h2-4,6H,5H2,1H3,(H,13,16)(H,14,15). The van der Waals surface area contributed by atoms with Crippen molar-refractivity contribution >= 4 is 23.5 Å². The van der Waals surface area contributed by atoms with Gasteiger partial charge in [-0.2, -0.15) is 0 Å². The molecule has 2 N–H and O–H groups in total. The summed E-state index contributed by atoms with van der Waals surface area (Å²) in [6.45, 7) is 1.61. The van der Waals surface area contributed by atoms with Crippen LogP contribution in [0.1, 0.15) is 23.7 Å². The Morgan fingerprint density at radius 3 is 2.88 bits per heavy atom. The summed E-state index contributed by atoms with van der Waals surface area (Å²) in [5.74, 6) is -1.39. The van der Waals surface area contributed by atoms with Crippen LogP contribution in [-0.4, -0.2) is 28.0 Å². The molecule has 1 unspecified atom stereocenters. The molecule has 1 atom stereocenters. The van der Waals surface area contributed by atoms with Gasteiger partial charge in [-0.1, -0.05) is 11.6 Å². The lowest BCUT2D eigenvalue weighted by molar-refractivity contribution is -0.137. The number of aromatic nitrogens is 1. The third kappa shape index (κ3) is 3.51. The van der Waals surface area contributed by atoms with Crippen molar-refractivity contribution in [3.8, 4) is 0 Å². The second-order valence-corrected chi connectivity index (χ2v) is 3.67. The van der Waals surface area contributed by atoms with Gasteiger partial charge in [-0.15, -0.1) is 0 Å². The third-order valence-corrected chi connectivity index (χ3v) is 2.16. The smallest absolute Gasteiger partial charge is 0.305 e. The Morgan fingerprint density at radius 1 is 1.62 bits per heavy atom. The number of pyridine rings is 1. The Kier molecular flexibility index (Phi) is 4.25. The van der Waals surface area contributed by atoms with E-state index in [1.807, 2.05) is 0 Å². The van der Waals surface area contributed by atoms with Crippen molar-refractivity contribution in [2.75, 3.05) is 0 Å². The van der Waals surface area contributed by atoms with E-state index in [4.69, 9.17) is 16.7 Å². The summed E-state index contributed by atoms with van der Waals surface area (Å²) in [4.78, 5) is 25.8. The van der Waals surface area contributed by atoms with Crippen LogP contribution < -0.4 is 5.32 Å². The number of hydrogen-bond acceptors (Lipinski definition) is 3. The Balaban J connectivity index is 2.66. The number of amides is 1. The second-order valence-electron chi connectivity index (χ2n) is 3.31. The minimum Gasteiger partial charge on any atom is -0.481 e. The summed E-state index contributed by atoms with van der Waals surface area (Å²) < 4.78 is 0. The van der Waals surface area contributed by atoms with E-state index in [-0.39, 0.29) is 17.1 Å². The number of nitrogens with one attached hydrogen (secondary N) is 1. The monoisotopic (exact) mass is 242 g/mol. The molecule has 1 aromatic rings. The molecule has 0 saturated carbocycles. The van der Waals surface area contributed by atoms with Crippen LogP contribution in [0.3, 0.4) is 0 Å². The Morgan fingerprint density at radius 2 is 2.31 bits per heavy atom. The van der Waals surface area contributed by atoms with Crippen LogP contribution in [0.4, 0.5) is 0 Å². The zero-order valence-electron chi connectivity index (χ0n) is 8.61. The molecule has 1 rings (SSSR count). The molecule has 0 aliphatic heterocycles. The van der Waals surface area contributed by atoms with Crippen molar-refractivity contribution in [1.29, 1.82) is 0 Å². The molecule has 6 heteroatoms.